The first-order valence-corrected chi connectivity index (χ1v) is 7.43. The smallest absolute Gasteiger partial charge is 0.130 e. The fourth-order valence-corrected chi connectivity index (χ4v) is 2.92. The van der Waals surface area contributed by atoms with Crippen molar-refractivity contribution in [1.29, 1.82) is 0 Å². The van der Waals surface area contributed by atoms with Crippen molar-refractivity contribution in [2.45, 2.75) is 13.8 Å². The second kappa shape index (κ2) is 6.07. The minimum Gasteiger partial charge on any atom is -0.496 e. The molecule has 0 N–H and O–H groups in total. The van der Waals surface area contributed by atoms with Crippen molar-refractivity contribution in [3.63, 3.8) is 0 Å². The van der Waals surface area contributed by atoms with Gasteiger partial charge in [-0.25, -0.2) is 0 Å². The fourth-order valence-electron chi connectivity index (χ4n) is 2.92. The highest BCUT2D eigenvalue weighted by Crippen LogP contribution is 2.40. The van der Waals surface area contributed by atoms with E-state index in [0.717, 1.165) is 22.4 Å². The van der Waals surface area contributed by atoms with Gasteiger partial charge in [0.1, 0.15) is 5.75 Å². The van der Waals surface area contributed by atoms with Crippen molar-refractivity contribution in [2.75, 3.05) is 7.11 Å². The number of aryl methyl sites for hydroxylation is 1. The van der Waals surface area contributed by atoms with Crippen molar-refractivity contribution >= 4 is 0 Å². The Morgan fingerprint density at radius 2 is 1.32 bits per heavy atom. The van der Waals surface area contributed by atoms with E-state index in [0.29, 0.717) is 0 Å². The van der Waals surface area contributed by atoms with Gasteiger partial charge in [-0.2, -0.15) is 0 Å². The molecule has 0 bridgehead atoms. The van der Waals surface area contributed by atoms with E-state index in [4.69, 9.17) is 4.74 Å². The summed E-state index contributed by atoms with van der Waals surface area (Å²) in [6, 6.07) is 24.3. The van der Waals surface area contributed by atoms with Gasteiger partial charge in [-0.1, -0.05) is 60.7 Å². The first-order chi connectivity index (χ1) is 10.7. The molecule has 0 heterocycles. The lowest BCUT2D eigenvalue weighted by Crippen LogP contribution is -1.97. The van der Waals surface area contributed by atoms with Crippen molar-refractivity contribution in [2.24, 2.45) is 0 Å². The Labute approximate surface area is 132 Å². The monoisotopic (exact) mass is 287 g/mol. The van der Waals surface area contributed by atoms with Gasteiger partial charge in [-0.05, 0) is 42.2 Å². The average Bonchev–Trinajstić information content (AvgIpc) is 2.57. The van der Waals surface area contributed by atoms with Crippen LogP contribution in [-0.4, -0.2) is 7.11 Å². The van der Waals surface area contributed by atoms with Crippen LogP contribution in [0.1, 0.15) is 11.1 Å². The normalized spacial score (nSPS) is 10.5. The molecule has 1 radical (unpaired) electrons. The van der Waals surface area contributed by atoms with Gasteiger partial charge in [0.2, 0.25) is 0 Å². The van der Waals surface area contributed by atoms with E-state index >= 15 is 0 Å². The second-order valence-corrected chi connectivity index (χ2v) is 5.39. The number of rotatable bonds is 3. The van der Waals surface area contributed by atoms with Gasteiger partial charge in [0, 0.05) is 11.1 Å². The Morgan fingerprint density at radius 1 is 0.773 bits per heavy atom. The van der Waals surface area contributed by atoms with E-state index in [9.17, 15) is 0 Å². The summed E-state index contributed by atoms with van der Waals surface area (Å²) in [6.45, 7) is 4.19. The van der Waals surface area contributed by atoms with Gasteiger partial charge in [0.25, 0.3) is 0 Å². The summed E-state index contributed by atoms with van der Waals surface area (Å²) in [5.74, 6) is 0.906. The van der Waals surface area contributed by atoms with Gasteiger partial charge in [0.15, 0.2) is 0 Å². The quantitative estimate of drug-likeness (QED) is 0.622. The molecule has 0 fully saturated rings. The van der Waals surface area contributed by atoms with Crippen LogP contribution >= 0.6 is 0 Å². The maximum absolute atomic E-state index is 5.67. The van der Waals surface area contributed by atoms with Gasteiger partial charge < -0.3 is 4.74 Å². The molecular formula is C21H19O. The molecule has 0 aliphatic heterocycles. The van der Waals surface area contributed by atoms with Crippen LogP contribution in [0.4, 0.5) is 0 Å². The number of benzene rings is 3. The molecule has 22 heavy (non-hydrogen) atoms. The van der Waals surface area contributed by atoms with Crippen molar-refractivity contribution in [1.82, 2.24) is 0 Å². The number of ether oxygens (including phenoxy) is 1. The number of methoxy groups -OCH3 is 1. The lowest BCUT2D eigenvalue weighted by Gasteiger charge is -2.18. The summed E-state index contributed by atoms with van der Waals surface area (Å²) in [5, 5.41) is 0. The predicted octanol–water partition coefficient (Wildman–Crippen LogP) is 5.45. The summed E-state index contributed by atoms with van der Waals surface area (Å²) in [4.78, 5) is 0. The van der Waals surface area contributed by atoms with E-state index in [2.05, 4.69) is 68.4 Å². The molecule has 0 saturated heterocycles. The van der Waals surface area contributed by atoms with Crippen LogP contribution in [0.25, 0.3) is 22.3 Å². The SMILES string of the molecule is COc1c(C)[c]c(-c2ccccc2)c(C)c1-c1ccccc1. The van der Waals surface area contributed by atoms with Crippen LogP contribution in [0, 0.1) is 19.9 Å². The molecule has 3 aromatic carbocycles. The predicted molar refractivity (Wildman–Crippen MR) is 92.2 cm³/mol. The first-order valence-electron chi connectivity index (χ1n) is 7.43. The third-order valence-corrected chi connectivity index (χ3v) is 3.96. The van der Waals surface area contributed by atoms with Gasteiger partial charge in [-0.15, -0.1) is 0 Å². The summed E-state index contributed by atoms with van der Waals surface area (Å²) in [5.41, 5.74) is 6.87. The molecule has 1 heteroatoms. The van der Waals surface area contributed by atoms with Crippen LogP contribution < -0.4 is 4.74 Å². The largest absolute Gasteiger partial charge is 0.496 e. The van der Waals surface area contributed by atoms with E-state index in [-0.39, 0.29) is 0 Å². The molecule has 0 unspecified atom stereocenters. The molecule has 0 saturated carbocycles. The molecule has 0 aliphatic carbocycles. The maximum Gasteiger partial charge on any atom is 0.130 e. The highest BCUT2D eigenvalue weighted by Gasteiger charge is 2.16. The molecule has 1 nitrogen and oxygen atoms in total. The van der Waals surface area contributed by atoms with E-state index < -0.39 is 0 Å². The Balaban J connectivity index is 2.30. The highest BCUT2D eigenvalue weighted by molar-refractivity contribution is 5.83. The lowest BCUT2D eigenvalue weighted by atomic mass is 9.89. The number of hydrogen-bond acceptors (Lipinski definition) is 1. The minimum absolute atomic E-state index is 0.906. The van der Waals surface area contributed by atoms with E-state index in [1.54, 1.807) is 7.11 Å². The van der Waals surface area contributed by atoms with Crippen molar-refractivity contribution < 1.29 is 4.74 Å². The molecule has 3 aromatic rings. The van der Waals surface area contributed by atoms with Gasteiger partial charge >= 0.3 is 0 Å². The van der Waals surface area contributed by atoms with E-state index in [1.807, 2.05) is 12.1 Å². The average molecular weight is 287 g/mol. The highest BCUT2D eigenvalue weighted by atomic mass is 16.5. The Kier molecular flexibility index (Phi) is 3.97. The zero-order valence-corrected chi connectivity index (χ0v) is 13.2. The number of hydrogen-bond donors (Lipinski definition) is 0. The third-order valence-electron chi connectivity index (χ3n) is 3.96. The van der Waals surface area contributed by atoms with Crippen molar-refractivity contribution in [3.05, 3.63) is 77.9 Å². The Bertz CT molecular complexity index is 774. The van der Waals surface area contributed by atoms with Crippen LogP contribution in [0.15, 0.2) is 60.7 Å². The summed E-state index contributed by atoms with van der Waals surface area (Å²) >= 11 is 0. The summed E-state index contributed by atoms with van der Waals surface area (Å²) in [6.07, 6.45) is 0. The standard InChI is InChI=1S/C21H19O/c1-15-14-19(17-10-6-4-7-11-17)16(2)20(21(15)22-3)18-12-8-5-9-13-18/h4-13H,1-3H3. The Hall–Kier alpha value is -2.54. The van der Waals surface area contributed by atoms with E-state index in [1.165, 1.54) is 16.7 Å². The molecule has 0 aromatic heterocycles. The van der Waals surface area contributed by atoms with Gasteiger partial charge in [0.05, 0.1) is 7.11 Å². The molecule has 3 rings (SSSR count). The third kappa shape index (κ3) is 2.50. The molecule has 0 aliphatic rings. The molecule has 0 amide bonds. The molecular weight excluding hydrogens is 268 g/mol. The molecule has 0 atom stereocenters. The van der Waals surface area contributed by atoms with Crippen molar-refractivity contribution in [3.8, 4) is 28.0 Å². The van der Waals surface area contributed by atoms with Gasteiger partial charge in [-0.3, -0.25) is 0 Å². The Morgan fingerprint density at radius 3 is 1.86 bits per heavy atom. The minimum atomic E-state index is 0.906. The zero-order valence-electron chi connectivity index (χ0n) is 13.2. The summed E-state index contributed by atoms with van der Waals surface area (Å²) in [7, 11) is 1.73. The first kappa shape index (κ1) is 14.4. The molecule has 109 valence electrons. The fraction of sp³-hybridized carbons (Fsp3) is 0.143. The zero-order chi connectivity index (χ0) is 15.5. The van der Waals surface area contributed by atoms with Crippen LogP contribution in [0.5, 0.6) is 5.75 Å². The maximum atomic E-state index is 5.67. The van der Waals surface area contributed by atoms with Crippen LogP contribution in [-0.2, 0) is 0 Å². The van der Waals surface area contributed by atoms with Crippen LogP contribution in [0.3, 0.4) is 0 Å². The van der Waals surface area contributed by atoms with Crippen LogP contribution in [0.2, 0.25) is 0 Å². The lowest BCUT2D eigenvalue weighted by molar-refractivity contribution is 0.413. The second-order valence-electron chi connectivity index (χ2n) is 5.39. The summed E-state index contributed by atoms with van der Waals surface area (Å²) < 4.78 is 5.67. The molecule has 0 spiro atoms. The topological polar surface area (TPSA) is 9.23 Å².